The van der Waals surface area contributed by atoms with Crippen LogP contribution in [-0.2, 0) is 9.59 Å². The fourth-order valence-electron chi connectivity index (χ4n) is 0.874. The first kappa shape index (κ1) is 12.9. The van der Waals surface area contributed by atoms with Gasteiger partial charge in [0.15, 0.2) is 0 Å². The summed E-state index contributed by atoms with van der Waals surface area (Å²) >= 11 is 0. The van der Waals surface area contributed by atoms with Crippen molar-refractivity contribution in [2.75, 3.05) is 13.1 Å². The number of carbonyl (C=O) groups is 2. The number of rotatable bonds is 6. The molecule has 2 unspecified atom stereocenters. The highest BCUT2D eigenvalue weighted by Gasteiger charge is 2.14. The number of carbonyl (C=O) groups excluding carboxylic acids is 2. The van der Waals surface area contributed by atoms with Crippen LogP contribution >= 0.6 is 0 Å². The van der Waals surface area contributed by atoms with E-state index in [0.717, 1.165) is 0 Å². The lowest BCUT2D eigenvalue weighted by Gasteiger charge is -2.15. The molecule has 0 aromatic heterocycles. The molecule has 5 nitrogen and oxygen atoms in total. The fourth-order valence-corrected chi connectivity index (χ4v) is 0.874. The maximum absolute atomic E-state index is 11.2. The standard InChI is InChI=1S/C9H19N3O2/c1-4-11-9(14)7(3)12-5-6(2)8(10)13/h6-7,12H,4-5H2,1-3H3,(H2,10,13)(H,11,14). The number of hydrogen-bond acceptors (Lipinski definition) is 3. The van der Waals surface area contributed by atoms with Crippen LogP contribution in [0.3, 0.4) is 0 Å². The summed E-state index contributed by atoms with van der Waals surface area (Å²) in [6.45, 7) is 6.36. The van der Waals surface area contributed by atoms with E-state index in [2.05, 4.69) is 10.6 Å². The summed E-state index contributed by atoms with van der Waals surface area (Å²) in [5, 5.41) is 5.62. The molecule has 82 valence electrons. The molecule has 0 aliphatic carbocycles. The van der Waals surface area contributed by atoms with Gasteiger partial charge in [-0.25, -0.2) is 0 Å². The van der Waals surface area contributed by atoms with Crippen molar-refractivity contribution < 1.29 is 9.59 Å². The Morgan fingerprint density at radius 3 is 2.36 bits per heavy atom. The summed E-state index contributed by atoms with van der Waals surface area (Å²) in [6, 6.07) is -0.295. The predicted octanol–water partition coefficient (Wildman–Crippen LogP) is -0.778. The molecule has 0 bridgehead atoms. The molecule has 0 saturated heterocycles. The summed E-state index contributed by atoms with van der Waals surface area (Å²) in [4.78, 5) is 21.9. The smallest absolute Gasteiger partial charge is 0.236 e. The normalized spacial score (nSPS) is 14.5. The number of likely N-dealkylation sites (N-methyl/N-ethyl adjacent to an activating group) is 1. The third-order valence-electron chi connectivity index (χ3n) is 1.96. The zero-order valence-electron chi connectivity index (χ0n) is 8.96. The van der Waals surface area contributed by atoms with Gasteiger partial charge in [0.2, 0.25) is 11.8 Å². The van der Waals surface area contributed by atoms with Crippen molar-refractivity contribution >= 4 is 11.8 Å². The molecule has 2 atom stereocenters. The van der Waals surface area contributed by atoms with Crippen molar-refractivity contribution in [1.29, 1.82) is 0 Å². The van der Waals surface area contributed by atoms with Crippen LogP contribution in [0.5, 0.6) is 0 Å². The number of hydrogen-bond donors (Lipinski definition) is 3. The monoisotopic (exact) mass is 201 g/mol. The van der Waals surface area contributed by atoms with Gasteiger partial charge in [0, 0.05) is 19.0 Å². The maximum Gasteiger partial charge on any atom is 0.236 e. The van der Waals surface area contributed by atoms with Crippen LogP contribution in [0.2, 0.25) is 0 Å². The van der Waals surface area contributed by atoms with Gasteiger partial charge in [0.1, 0.15) is 0 Å². The number of amides is 2. The molecule has 14 heavy (non-hydrogen) atoms. The fraction of sp³-hybridized carbons (Fsp3) is 0.778. The molecular formula is C9H19N3O2. The number of primary amides is 1. The van der Waals surface area contributed by atoms with Crippen LogP contribution in [0.1, 0.15) is 20.8 Å². The Hall–Kier alpha value is -1.10. The van der Waals surface area contributed by atoms with Gasteiger partial charge < -0.3 is 16.4 Å². The van der Waals surface area contributed by atoms with Crippen molar-refractivity contribution in [3.8, 4) is 0 Å². The first-order valence-corrected chi connectivity index (χ1v) is 4.79. The Morgan fingerprint density at radius 1 is 1.36 bits per heavy atom. The van der Waals surface area contributed by atoms with Gasteiger partial charge in [-0.2, -0.15) is 0 Å². The van der Waals surface area contributed by atoms with E-state index in [1.54, 1.807) is 13.8 Å². The van der Waals surface area contributed by atoms with Gasteiger partial charge in [-0.05, 0) is 13.8 Å². The van der Waals surface area contributed by atoms with Gasteiger partial charge in [-0.3, -0.25) is 9.59 Å². The SMILES string of the molecule is CCNC(=O)C(C)NCC(C)C(N)=O. The second kappa shape index (κ2) is 6.37. The minimum absolute atomic E-state index is 0.0656. The van der Waals surface area contributed by atoms with Gasteiger partial charge >= 0.3 is 0 Å². The van der Waals surface area contributed by atoms with Crippen LogP contribution in [0.25, 0.3) is 0 Å². The molecule has 0 rings (SSSR count). The largest absolute Gasteiger partial charge is 0.369 e. The van der Waals surface area contributed by atoms with E-state index < -0.39 is 0 Å². The van der Waals surface area contributed by atoms with E-state index >= 15 is 0 Å². The molecule has 0 saturated carbocycles. The van der Waals surface area contributed by atoms with E-state index in [1.165, 1.54) is 0 Å². The molecule has 0 fully saturated rings. The van der Waals surface area contributed by atoms with Crippen molar-refractivity contribution in [3.63, 3.8) is 0 Å². The van der Waals surface area contributed by atoms with Crippen LogP contribution in [-0.4, -0.2) is 30.9 Å². The summed E-state index contributed by atoms with van der Waals surface area (Å²) in [6.07, 6.45) is 0. The Balaban J connectivity index is 3.78. The summed E-state index contributed by atoms with van der Waals surface area (Å²) < 4.78 is 0. The number of nitrogens with two attached hydrogens (primary N) is 1. The zero-order valence-corrected chi connectivity index (χ0v) is 8.96. The van der Waals surface area contributed by atoms with E-state index in [1.807, 2.05) is 6.92 Å². The minimum atomic E-state index is -0.361. The van der Waals surface area contributed by atoms with Crippen LogP contribution in [0.4, 0.5) is 0 Å². The molecule has 0 aliphatic rings. The third kappa shape index (κ3) is 4.81. The minimum Gasteiger partial charge on any atom is -0.369 e. The lowest BCUT2D eigenvalue weighted by Crippen LogP contribution is -2.44. The molecule has 2 amide bonds. The molecule has 0 aliphatic heterocycles. The van der Waals surface area contributed by atoms with E-state index in [-0.39, 0.29) is 23.8 Å². The zero-order chi connectivity index (χ0) is 11.1. The second-order valence-corrected chi connectivity index (χ2v) is 3.33. The highest BCUT2D eigenvalue weighted by atomic mass is 16.2. The van der Waals surface area contributed by atoms with Gasteiger partial charge in [0.05, 0.1) is 6.04 Å². The average Bonchev–Trinajstić information content (AvgIpc) is 2.13. The maximum atomic E-state index is 11.2. The van der Waals surface area contributed by atoms with Crippen LogP contribution in [0.15, 0.2) is 0 Å². The quantitative estimate of drug-likeness (QED) is 0.527. The van der Waals surface area contributed by atoms with E-state index in [4.69, 9.17) is 5.73 Å². The third-order valence-corrected chi connectivity index (χ3v) is 1.96. The van der Waals surface area contributed by atoms with Crippen molar-refractivity contribution in [2.24, 2.45) is 11.7 Å². The molecule has 0 radical (unpaired) electrons. The van der Waals surface area contributed by atoms with Crippen molar-refractivity contribution in [1.82, 2.24) is 10.6 Å². The van der Waals surface area contributed by atoms with E-state index in [9.17, 15) is 9.59 Å². The topological polar surface area (TPSA) is 84.2 Å². The summed E-state index contributed by atoms with van der Waals surface area (Å²) in [5.74, 6) is -0.684. The Kier molecular flexibility index (Phi) is 5.87. The summed E-state index contributed by atoms with van der Waals surface area (Å²) in [7, 11) is 0. The van der Waals surface area contributed by atoms with Crippen LogP contribution in [0, 0.1) is 5.92 Å². The Bertz CT molecular complexity index is 206. The highest BCUT2D eigenvalue weighted by molar-refractivity contribution is 5.81. The molecule has 0 spiro atoms. The lowest BCUT2D eigenvalue weighted by atomic mass is 10.1. The second-order valence-electron chi connectivity index (χ2n) is 3.33. The molecule has 0 aromatic carbocycles. The van der Waals surface area contributed by atoms with Gasteiger partial charge in [-0.1, -0.05) is 6.92 Å². The number of nitrogens with one attached hydrogen (secondary N) is 2. The average molecular weight is 201 g/mol. The van der Waals surface area contributed by atoms with Crippen molar-refractivity contribution in [3.05, 3.63) is 0 Å². The highest BCUT2D eigenvalue weighted by Crippen LogP contribution is 1.91. The molecule has 0 heterocycles. The van der Waals surface area contributed by atoms with Crippen LogP contribution < -0.4 is 16.4 Å². The van der Waals surface area contributed by atoms with Crippen molar-refractivity contribution in [2.45, 2.75) is 26.8 Å². The predicted molar refractivity (Wildman–Crippen MR) is 54.5 cm³/mol. The summed E-state index contributed by atoms with van der Waals surface area (Å²) in [5.41, 5.74) is 5.08. The Morgan fingerprint density at radius 2 is 1.93 bits per heavy atom. The van der Waals surface area contributed by atoms with E-state index in [0.29, 0.717) is 13.1 Å². The van der Waals surface area contributed by atoms with Gasteiger partial charge in [-0.15, -0.1) is 0 Å². The molecule has 4 N–H and O–H groups in total. The molecule has 0 aromatic rings. The molecule has 5 heteroatoms. The first-order valence-electron chi connectivity index (χ1n) is 4.79. The van der Waals surface area contributed by atoms with Gasteiger partial charge in [0.25, 0.3) is 0 Å². The first-order chi connectivity index (χ1) is 6.49. The lowest BCUT2D eigenvalue weighted by molar-refractivity contribution is -0.124. The molecular weight excluding hydrogens is 182 g/mol. The Labute approximate surface area is 84.4 Å².